The molecule has 0 amide bonds. The number of nitrogens with zero attached hydrogens (tertiary/aromatic N) is 2. The van der Waals surface area contributed by atoms with Gasteiger partial charge in [-0.15, -0.1) is 0 Å². The number of halogens is 4. The molecule has 0 saturated carbocycles. The summed E-state index contributed by atoms with van der Waals surface area (Å²) in [5.74, 6) is -0.590. The average Bonchev–Trinajstić information content (AvgIpc) is 2.75. The second kappa shape index (κ2) is 8.87. The Kier molecular flexibility index (Phi) is 6.19. The summed E-state index contributed by atoms with van der Waals surface area (Å²) in [6.07, 6.45) is 3.39. The van der Waals surface area contributed by atoms with Gasteiger partial charge in [-0.25, -0.2) is 9.37 Å². The molecule has 0 fully saturated rings. The minimum Gasteiger partial charge on any atom is -0.505 e. The van der Waals surface area contributed by atoms with E-state index >= 15 is 4.39 Å². The average molecular weight is 477 g/mol. The molecule has 0 aliphatic carbocycles. The summed E-state index contributed by atoms with van der Waals surface area (Å²) >= 11 is 18.6. The number of aromatic nitrogens is 2. The number of hydrogen-bond donors (Lipinski definition) is 2. The van der Waals surface area contributed by atoms with E-state index in [0.717, 1.165) is 5.39 Å². The number of fused-ring (bicyclic) bond motifs is 1. The number of nitrogens with one attached hydrogen (secondary N) is 1. The first kappa shape index (κ1) is 21.6. The number of pyridine rings is 2. The molecule has 2 N–H and O–H groups in total. The number of aromatic hydroxyl groups is 1. The predicted molar refractivity (Wildman–Crippen MR) is 124 cm³/mol. The third-order valence-corrected chi connectivity index (χ3v) is 5.95. The number of phenols is 1. The molecule has 0 aliphatic heterocycles. The Morgan fingerprint density at radius 3 is 2.55 bits per heavy atom. The highest BCUT2D eigenvalue weighted by Crippen LogP contribution is 2.40. The van der Waals surface area contributed by atoms with Gasteiger partial charge in [0.05, 0.1) is 11.1 Å². The predicted octanol–water partition coefficient (Wildman–Crippen LogP) is 7.20. The minimum atomic E-state index is -0.732. The van der Waals surface area contributed by atoms with Crippen molar-refractivity contribution in [3.63, 3.8) is 0 Å². The van der Waals surface area contributed by atoms with Crippen molar-refractivity contribution in [2.45, 2.75) is 19.4 Å². The van der Waals surface area contributed by atoms with Crippen molar-refractivity contribution in [3.05, 3.63) is 92.4 Å². The van der Waals surface area contributed by atoms with Crippen molar-refractivity contribution in [1.29, 1.82) is 0 Å². The van der Waals surface area contributed by atoms with Crippen LogP contribution in [0.25, 0.3) is 10.9 Å². The second-order valence-electron chi connectivity index (χ2n) is 6.92. The summed E-state index contributed by atoms with van der Waals surface area (Å²) in [5, 5.41) is 15.9. The highest BCUT2D eigenvalue weighted by molar-refractivity contribution is 6.35. The van der Waals surface area contributed by atoms with Crippen LogP contribution in [0.3, 0.4) is 0 Å². The van der Waals surface area contributed by atoms with Gasteiger partial charge in [-0.05, 0) is 30.2 Å². The topological polar surface area (TPSA) is 58.0 Å². The molecule has 0 aliphatic rings. The lowest BCUT2D eigenvalue weighted by molar-refractivity contribution is 0.471. The summed E-state index contributed by atoms with van der Waals surface area (Å²) in [6.45, 7) is 1.81. The molecule has 0 radical (unpaired) electrons. The van der Waals surface area contributed by atoms with Crippen LogP contribution in [0.5, 0.6) is 5.75 Å². The third kappa shape index (κ3) is 4.13. The van der Waals surface area contributed by atoms with E-state index < -0.39 is 11.9 Å². The molecule has 2 aromatic carbocycles. The Bertz CT molecular complexity index is 1280. The number of rotatable bonds is 5. The normalized spacial score (nSPS) is 12.2. The van der Waals surface area contributed by atoms with Gasteiger partial charge in [-0.2, -0.15) is 0 Å². The summed E-state index contributed by atoms with van der Waals surface area (Å²) in [7, 11) is 0. The van der Waals surface area contributed by atoms with Crippen molar-refractivity contribution in [2.75, 3.05) is 5.32 Å². The maximum absolute atomic E-state index is 15.1. The molecule has 4 rings (SSSR count). The van der Waals surface area contributed by atoms with E-state index in [4.69, 9.17) is 34.8 Å². The van der Waals surface area contributed by atoms with Gasteiger partial charge in [0.1, 0.15) is 11.3 Å². The van der Waals surface area contributed by atoms with Crippen LogP contribution in [0.15, 0.2) is 54.9 Å². The standard InChI is InChI=1S/C23H17Cl3FN3O/c1-2-14-18(26)11-29-23(19(14)27)30-21(15-8-6-13(24)10-17(15)25)16-7-5-12-4-3-9-28-20(12)22(16)31/h3-11,21,31H,2H2,1H3,(H,29,30). The van der Waals surface area contributed by atoms with E-state index in [0.29, 0.717) is 38.7 Å². The number of hydrogen-bond acceptors (Lipinski definition) is 4. The minimum absolute atomic E-state index is 0.00205. The zero-order valence-corrected chi connectivity index (χ0v) is 18.6. The number of anilines is 1. The van der Waals surface area contributed by atoms with Gasteiger partial charge in [0.15, 0.2) is 11.6 Å². The Balaban J connectivity index is 1.90. The molecule has 158 valence electrons. The highest BCUT2D eigenvalue weighted by atomic mass is 35.5. The maximum Gasteiger partial charge on any atom is 0.170 e. The van der Waals surface area contributed by atoms with Gasteiger partial charge in [-0.1, -0.05) is 66.0 Å². The lowest BCUT2D eigenvalue weighted by Crippen LogP contribution is -2.16. The van der Waals surface area contributed by atoms with Crippen LogP contribution in [0.4, 0.5) is 10.2 Å². The van der Waals surface area contributed by atoms with Gasteiger partial charge in [-0.3, -0.25) is 4.98 Å². The second-order valence-corrected chi connectivity index (χ2v) is 8.17. The molecule has 31 heavy (non-hydrogen) atoms. The van der Waals surface area contributed by atoms with Gasteiger partial charge < -0.3 is 10.4 Å². The fourth-order valence-corrected chi connectivity index (χ4v) is 4.28. The zero-order valence-electron chi connectivity index (χ0n) is 16.3. The summed E-state index contributed by atoms with van der Waals surface area (Å²) in [4.78, 5) is 8.41. The molecule has 0 saturated heterocycles. The van der Waals surface area contributed by atoms with Crippen LogP contribution in [0.1, 0.15) is 29.7 Å². The van der Waals surface area contributed by atoms with Gasteiger partial charge in [0, 0.05) is 39.0 Å². The highest BCUT2D eigenvalue weighted by Gasteiger charge is 2.25. The molecule has 4 aromatic rings. The summed E-state index contributed by atoms with van der Waals surface area (Å²) in [6, 6.07) is 11.5. The molecule has 0 bridgehead atoms. The molecular formula is C23H17Cl3FN3O. The maximum atomic E-state index is 15.1. The van der Waals surface area contributed by atoms with Gasteiger partial charge in [0.2, 0.25) is 0 Å². The molecule has 1 unspecified atom stereocenters. The molecular weight excluding hydrogens is 460 g/mol. The van der Waals surface area contributed by atoms with E-state index in [2.05, 4.69) is 15.3 Å². The lowest BCUT2D eigenvalue weighted by Gasteiger charge is -2.23. The zero-order chi connectivity index (χ0) is 22.1. The monoisotopic (exact) mass is 475 g/mol. The van der Waals surface area contributed by atoms with Crippen LogP contribution in [0.2, 0.25) is 15.1 Å². The van der Waals surface area contributed by atoms with E-state index in [1.165, 1.54) is 6.20 Å². The Morgan fingerprint density at radius 2 is 1.81 bits per heavy atom. The smallest absolute Gasteiger partial charge is 0.170 e. The number of phenolic OH excluding ortho intramolecular Hbond substituents is 1. The van der Waals surface area contributed by atoms with Crippen molar-refractivity contribution in [3.8, 4) is 5.75 Å². The Morgan fingerprint density at radius 1 is 1.03 bits per heavy atom. The van der Waals surface area contributed by atoms with Crippen LogP contribution in [-0.2, 0) is 6.42 Å². The van der Waals surface area contributed by atoms with Crippen molar-refractivity contribution in [1.82, 2.24) is 9.97 Å². The first-order valence-corrected chi connectivity index (χ1v) is 10.6. The van der Waals surface area contributed by atoms with Crippen LogP contribution in [0, 0.1) is 5.82 Å². The largest absolute Gasteiger partial charge is 0.505 e. The molecule has 2 heterocycles. The molecule has 2 aromatic heterocycles. The van der Waals surface area contributed by atoms with E-state index in [1.807, 2.05) is 19.1 Å². The SMILES string of the molecule is CCc1c(Cl)cnc(NC(c2ccc(Cl)cc2Cl)c2ccc3cccnc3c2O)c1F. The Labute approximate surface area is 193 Å². The van der Waals surface area contributed by atoms with Crippen molar-refractivity contribution < 1.29 is 9.50 Å². The third-order valence-electron chi connectivity index (χ3n) is 5.07. The van der Waals surface area contributed by atoms with Gasteiger partial charge in [0.25, 0.3) is 0 Å². The first-order valence-electron chi connectivity index (χ1n) is 9.51. The molecule has 0 spiro atoms. The quantitative estimate of drug-likeness (QED) is 0.320. The first-order chi connectivity index (χ1) is 14.9. The molecule has 8 heteroatoms. The van der Waals surface area contributed by atoms with Crippen LogP contribution >= 0.6 is 34.8 Å². The fourth-order valence-electron chi connectivity index (χ4n) is 3.50. The molecule has 4 nitrogen and oxygen atoms in total. The lowest BCUT2D eigenvalue weighted by atomic mass is 9.96. The molecule has 1 atom stereocenters. The number of benzene rings is 2. The fraction of sp³-hybridized carbons (Fsp3) is 0.130. The van der Waals surface area contributed by atoms with Crippen molar-refractivity contribution in [2.24, 2.45) is 0 Å². The van der Waals surface area contributed by atoms with Crippen LogP contribution in [-0.4, -0.2) is 15.1 Å². The van der Waals surface area contributed by atoms with E-state index in [1.54, 1.807) is 36.5 Å². The van der Waals surface area contributed by atoms with Gasteiger partial charge >= 0.3 is 0 Å². The summed E-state index contributed by atoms with van der Waals surface area (Å²) < 4.78 is 15.1. The van der Waals surface area contributed by atoms with Crippen LogP contribution < -0.4 is 5.32 Å². The Hall–Kier alpha value is -2.60. The van der Waals surface area contributed by atoms with E-state index in [-0.39, 0.29) is 16.6 Å². The van der Waals surface area contributed by atoms with E-state index in [9.17, 15) is 5.11 Å². The van der Waals surface area contributed by atoms with Crippen molar-refractivity contribution >= 4 is 51.5 Å². The summed E-state index contributed by atoms with van der Waals surface area (Å²) in [5.41, 5.74) is 1.83.